The number of hydrogen-bond donors (Lipinski definition) is 0. The van der Waals surface area contributed by atoms with Crippen LogP contribution in [0.2, 0.25) is 0 Å². The highest BCUT2D eigenvalue weighted by molar-refractivity contribution is 5.96. The Morgan fingerprint density at radius 1 is 1.10 bits per heavy atom. The molecule has 2 amide bonds. The second kappa shape index (κ2) is 8.31. The van der Waals surface area contributed by atoms with Crippen molar-refractivity contribution in [3.63, 3.8) is 0 Å². The lowest BCUT2D eigenvalue weighted by Crippen LogP contribution is -2.35. The van der Waals surface area contributed by atoms with Crippen LogP contribution in [0.5, 0.6) is 0 Å². The van der Waals surface area contributed by atoms with E-state index in [4.69, 9.17) is 5.26 Å². The maximum absolute atomic E-state index is 13.0. The van der Waals surface area contributed by atoms with Crippen LogP contribution in [-0.2, 0) is 4.79 Å². The van der Waals surface area contributed by atoms with Gasteiger partial charge in [-0.15, -0.1) is 0 Å². The lowest BCUT2D eigenvalue weighted by molar-refractivity contribution is -0.131. The third-order valence-corrected chi connectivity index (χ3v) is 6.21. The average molecular weight is 402 g/mol. The number of benzene rings is 2. The summed E-state index contributed by atoms with van der Waals surface area (Å²) < 4.78 is 0. The zero-order valence-electron chi connectivity index (χ0n) is 17.6. The Kier molecular flexibility index (Phi) is 5.59. The van der Waals surface area contributed by atoms with Gasteiger partial charge in [-0.3, -0.25) is 9.59 Å². The molecule has 30 heavy (non-hydrogen) atoms. The van der Waals surface area contributed by atoms with Crippen molar-refractivity contribution in [2.24, 2.45) is 11.8 Å². The van der Waals surface area contributed by atoms with Gasteiger partial charge in [-0.25, -0.2) is 0 Å². The van der Waals surface area contributed by atoms with E-state index in [1.165, 1.54) is 0 Å². The highest BCUT2D eigenvalue weighted by Crippen LogP contribution is 2.33. The Morgan fingerprint density at radius 3 is 2.43 bits per heavy atom. The van der Waals surface area contributed by atoms with E-state index in [1.807, 2.05) is 49.2 Å². The lowest BCUT2D eigenvalue weighted by Gasteiger charge is -2.23. The van der Waals surface area contributed by atoms with Gasteiger partial charge in [0.15, 0.2) is 0 Å². The standard InChI is InChI=1S/C25H27N3O2/c1-17-13-22(20-5-3-18(14-26)4-6-20)9-10-23(17)25(30)27(2)15-19-11-12-28(16-19)24(29)21-7-8-21/h3-6,9-10,13,19,21H,7-8,11-12,15-16H2,1-2H3/t19-/m0/s1. The van der Waals surface area contributed by atoms with Gasteiger partial charge in [-0.05, 0) is 67.0 Å². The molecule has 2 aromatic carbocycles. The number of likely N-dealkylation sites (tertiary alicyclic amines) is 1. The Bertz CT molecular complexity index is 1000. The Labute approximate surface area is 177 Å². The van der Waals surface area contributed by atoms with E-state index in [0.717, 1.165) is 49.0 Å². The van der Waals surface area contributed by atoms with Gasteiger partial charge in [0.05, 0.1) is 11.6 Å². The van der Waals surface area contributed by atoms with Crippen molar-refractivity contribution in [3.05, 3.63) is 59.2 Å². The van der Waals surface area contributed by atoms with Gasteiger partial charge in [0, 0.05) is 38.2 Å². The van der Waals surface area contributed by atoms with Crippen molar-refractivity contribution in [2.45, 2.75) is 26.2 Å². The first kappa shape index (κ1) is 20.2. The number of amides is 2. The molecule has 1 saturated heterocycles. The van der Waals surface area contributed by atoms with Crippen LogP contribution in [0.1, 0.15) is 40.7 Å². The zero-order chi connectivity index (χ0) is 21.3. The molecule has 5 nitrogen and oxygen atoms in total. The van der Waals surface area contributed by atoms with Gasteiger partial charge in [0.1, 0.15) is 0 Å². The monoisotopic (exact) mass is 401 g/mol. The minimum absolute atomic E-state index is 0.0193. The summed E-state index contributed by atoms with van der Waals surface area (Å²) in [6, 6.07) is 15.5. The molecule has 0 spiro atoms. The largest absolute Gasteiger partial charge is 0.342 e. The Balaban J connectivity index is 1.40. The molecular formula is C25H27N3O2. The summed E-state index contributed by atoms with van der Waals surface area (Å²) in [4.78, 5) is 29.1. The fraction of sp³-hybridized carbons (Fsp3) is 0.400. The van der Waals surface area contributed by atoms with Crippen LogP contribution in [0.3, 0.4) is 0 Å². The van der Waals surface area contributed by atoms with Crippen LogP contribution in [0.25, 0.3) is 11.1 Å². The number of carbonyl (C=O) groups is 2. The third kappa shape index (κ3) is 4.23. The second-order valence-corrected chi connectivity index (χ2v) is 8.62. The Hall–Kier alpha value is -3.13. The predicted molar refractivity (Wildman–Crippen MR) is 116 cm³/mol. The van der Waals surface area contributed by atoms with E-state index in [9.17, 15) is 9.59 Å². The molecule has 1 atom stereocenters. The van der Waals surface area contributed by atoms with Crippen molar-refractivity contribution in [3.8, 4) is 17.2 Å². The van der Waals surface area contributed by atoms with Gasteiger partial charge in [0.25, 0.3) is 5.91 Å². The van der Waals surface area contributed by atoms with E-state index in [0.29, 0.717) is 29.5 Å². The minimum atomic E-state index is 0.0193. The number of rotatable bonds is 5. The summed E-state index contributed by atoms with van der Waals surface area (Å²) in [6.45, 7) is 4.22. The van der Waals surface area contributed by atoms with E-state index in [-0.39, 0.29) is 11.8 Å². The normalized spacial score (nSPS) is 18.2. The molecular weight excluding hydrogens is 374 g/mol. The lowest BCUT2D eigenvalue weighted by atomic mass is 9.98. The van der Waals surface area contributed by atoms with Gasteiger partial charge in [-0.2, -0.15) is 5.26 Å². The van der Waals surface area contributed by atoms with E-state index in [2.05, 4.69) is 6.07 Å². The summed E-state index contributed by atoms with van der Waals surface area (Å²) in [6.07, 6.45) is 3.04. The molecule has 0 radical (unpaired) electrons. The quantitative estimate of drug-likeness (QED) is 0.764. The van der Waals surface area contributed by atoms with Gasteiger partial charge >= 0.3 is 0 Å². The first-order valence-electron chi connectivity index (χ1n) is 10.6. The fourth-order valence-corrected chi connectivity index (χ4v) is 4.27. The van der Waals surface area contributed by atoms with Crippen LogP contribution in [0.15, 0.2) is 42.5 Å². The summed E-state index contributed by atoms with van der Waals surface area (Å²) in [7, 11) is 1.85. The number of aryl methyl sites for hydroxylation is 1. The van der Waals surface area contributed by atoms with Crippen molar-refractivity contribution in [1.29, 1.82) is 5.26 Å². The third-order valence-electron chi connectivity index (χ3n) is 6.21. The maximum atomic E-state index is 13.0. The van der Waals surface area contributed by atoms with Gasteiger partial charge < -0.3 is 9.80 Å². The van der Waals surface area contributed by atoms with Crippen LogP contribution >= 0.6 is 0 Å². The molecule has 1 aliphatic carbocycles. The average Bonchev–Trinajstić information content (AvgIpc) is 3.51. The number of hydrogen-bond acceptors (Lipinski definition) is 3. The summed E-state index contributed by atoms with van der Waals surface area (Å²) in [5, 5.41) is 8.95. The molecule has 154 valence electrons. The molecule has 4 rings (SSSR count). The molecule has 0 N–H and O–H groups in total. The molecule has 0 bridgehead atoms. The van der Waals surface area contributed by atoms with Crippen molar-refractivity contribution in [2.75, 3.05) is 26.7 Å². The van der Waals surface area contributed by atoms with Crippen molar-refractivity contribution >= 4 is 11.8 Å². The SMILES string of the molecule is Cc1cc(-c2ccc(C#N)cc2)ccc1C(=O)N(C)C[C@@H]1CCN(C(=O)C2CC2)C1. The summed E-state index contributed by atoms with van der Waals surface area (Å²) >= 11 is 0. The smallest absolute Gasteiger partial charge is 0.253 e. The maximum Gasteiger partial charge on any atom is 0.253 e. The molecule has 1 saturated carbocycles. The van der Waals surface area contributed by atoms with Gasteiger partial charge in [0.2, 0.25) is 5.91 Å². The number of carbonyl (C=O) groups excluding carboxylic acids is 2. The van der Waals surface area contributed by atoms with E-state index < -0.39 is 0 Å². The summed E-state index contributed by atoms with van der Waals surface area (Å²) in [5.74, 6) is 0.937. The highest BCUT2D eigenvalue weighted by Gasteiger charge is 2.37. The minimum Gasteiger partial charge on any atom is -0.342 e. The topological polar surface area (TPSA) is 64.4 Å². The van der Waals surface area contributed by atoms with Crippen LogP contribution < -0.4 is 0 Å². The van der Waals surface area contributed by atoms with E-state index in [1.54, 1.807) is 17.0 Å². The number of nitrogens with zero attached hydrogens (tertiary/aromatic N) is 3. The molecule has 0 unspecified atom stereocenters. The van der Waals surface area contributed by atoms with Crippen LogP contribution in [0.4, 0.5) is 0 Å². The molecule has 1 aliphatic heterocycles. The second-order valence-electron chi connectivity index (χ2n) is 8.62. The summed E-state index contributed by atoms with van der Waals surface area (Å²) in [5.41, 5.74) is 4.33. The van der Waals surface area contributed by atoms with Gasteiger partial charge in [-0.1, -0.05) is 24.3 Å². The molecule has 0 aromatic heterocycles. The molecule has 5 heteroatoms. The Morgan fingerprint density at radius 2 is 1.80 bits per heavy atom. The molecule has 2 aromatic rings. The molecule has 1 heterocycles. The van der Waals surface area contributed by atoms with Crippen molar-refractivity contribution < 1.29 is 9.59 Å². The van der Waals surface area contributed by atoms with Crippen LogP contribution in [-0.4, -0.2) is 48.3 Å². The first-order valence-corrected chi connectivity index (χ1v) is 10.6. The first-order chi connectivity index (χ1) is 14.5. The molecule has 2 aliphatic rings. The van der Waals surface area contributed by atoms with Crippen molar-refractivity contribution in [1.82, 2.24) is 9.80 Å². The van der Waals surface area contributed by atoms with E-state index >= 15 is 0 Å². The van der Waals surface area contributed by atoms with Crippen LogP contribution in [0, 0.1) is 30.1 Å². The highest BCUT2D eigenvalue weighted by atomic mass is 16.2. The molecule has 2 fully saturated rings. The number of nitriles is 1. The predicted octanol–water partition coefficient (Wildman–Crippen LogP) is 3.86. The fourth-order valence-electron chi connectivity index (χ4n) is 4.27. The zero-order valence-corrected chi connectivity index (χ0v) is 17.6.